The number of thiophene rings is 1. The van der Waals surface area contributed by atoms with Crippen LogP contribution >= 0.6 is 22.9 Å². The van der Waals surface area contributed by atoms with Crippen molar-refractivity contribution in [3.05, 3.63) is 70.6 Å². The molecule has 2 N–H and O–H groups in total. The Morgan fingerprint density at radius 2 is 1.81 bits per heavy atom. The molecule has 2 heterocycles. The van der Waals surface area contributed by atoms with Gasteiger partial charge in [0.2, 0.25) is 0 Å². The largest absolute Gasteiger partial charge is 0.478 e. The smallest absolute Gasteiger partial charge is 0.335 e. The number of aromatic carboxylic acids is 1. The van der Waals surface area contributed by atoms with Crippen LogP contribution in [0.3, 0.4) is 0 Å². The number of hydrogen-bond acceptors (Lipinski definition) is 5. The van der Waals surface area contributed by atoms with Crippen LogP contribution in [-0.4, -0.2) is 21.0 Å². The Labute approximate surface area is 157 Å². The van der Waals surface area contributed by atoms with Crippen LogP contribution in [0.1, 0.15) is 10.4 Å². The Morgan fingerprint density at radius 1 is 1.04 bits per heavy atom. The zero-order chi connectivity index (χ0) is 18.1. The van der Waals surface area contributed by atoms with Gasteiger partial charge in [-0.25, -0.2) is 14.8 Å². The van der Waals surface area contributed by atoms with E-state index in [1.54, 1.807) is 24.3 Å². The van der Waals surface area contributed by atoms with Crippen molar-refractivity contribution in [1.29, 1.82) is 0 Å². The van der Waals surface area contributed by atoms with Gasteiger partial charge in [-0.3, -0.25) is 0 Å². The lowest BCUT2D eigenvalue weighted by atomic mass is 10.2. The van der Waals surface area contributed by atoms with Crippen LogP contribution in [0.2, 0.25) is 5.02 Å². The van der Waals surface area contributed by atoms with Gasteiger partial charge in [-0.05, 0) is 47.8 Å². The molecule has 0 fully saturated rings. The first kappa shape index (κ1) is 16.5. The molecule has 0 saturated carbocycles. The van der Waals surface area contributed by atoms with E-state index in [0.29, 0.717) is 16.7 Å². The second-order valence-electron chi connectivity index (χ2n) is 5.52. The number of fused-ring (bicyclic) bond motifs is 1. The molecule has 0 unspecified atom stereocenters. The number of para-hydroxylation sites is 1. The van der Waals surface area contributed by atoms with Crippen molar-refractivity contribution in [3.8, 4) is 10.7 Å². The average Bonchev–Trinajstić information content (AvgIpc) is 3.08. The Morgan fingerprint density at radius 3 is 2.50 bits per heavy atom. The summed E-state index contributed by atoms with van der Waals surface area (Å²) in [6.07, 6.45) is 0. The number of benzene rings is 2. The van der Waals surface area contributed by atoms with E-state index < -0.39 is 5.97 Å². The van der Waals surface area contributed by atoms with Gasteiger partial charge in [-0.2, -0.15) is 0 Å². The normalized spacial score (nSPS) is 10.8. The van der Waals surface area contributed by atoms with Crippen molar-refractivity contribution in [2.75, 3.05) is 5.32 Å². The molecule has 4 aromatic rings. The van der Waals surface area contributed by atoms with Crippen LogP contribution < -0.4 is 5.32 Å². The van der Waals surface area contributed by atoms with Gasteiger partial charge in [0.05, 0.1) is 21.0 Å². The highest BCUT2D eigenvalue weighted by molar-refractivity contribution is 7.14. The second-order valence-corrected chi connectivity index (χ2v) is 6.84. The van der Waals surface area contributed by atoms with Crippen molar-refractivity contribution >= 4 is 51.3 Å². The molecule has 26 heavy (non-hydrogen) atoms. The minimum absolute atomic E-state index is 0.231. The van der Waals surface area contributed by atoms with Crippen LogP contribution in [0.25, 0.3) is 21.6 Å². The number of nitrogens with zero attached hydrogens (tertiary/aromatic N) is 2. The number of carboxylic acids is 1. The fourth-order valence-electron chi connectivity index (χ4n) is 2.56. The molecule has 2 aromatic heterocycles. The molecular formula is C19H12ClN3O2S. The first-order chi connectivity index (χ1) is 12.6. The molecule has 2 aromatic carbocycles. The van der Waals surface area contributed by atoms with Crippen molar-refractivity contribution in [3.63, 3.8) is 0 Å². The van der Waals surface area contributed by atoms with E-state index in [9.17, 15) is 4.79 Å². The highest BCUT2D eigenvalue weighted by atomic mass is 35.5. The molecule has 0 aliphatic rings. The molecule has 0 saturated heterocycles. The second kappa shape index (κ2) is 6.74. The summed E-state index contributed by atoms with van der Waals surface area (Å²) in [4.78, 5) is 21.1. The van der Waals surface area contributed by atoms with Crippen LogP contribution in [0, 0.1) is 0 Å². The minimum atomic E-state index is -0.960. The van der Waals surface area contributed by atoms with Crippen molar-refractivity contribution in [1.82, 2.24) is 9.97 Å². The third-order valence-corrected chi connectivity index (χ3v) is 5.16. The number of carboxylic acid groups (broad SMARTS) is 1. The number of halogens is 1. The summed E-state index contributed by atoms with van der Waals surface area (Å²) in [6.45, 7) is 0. The molecule has 7 heteroatoms. The predicted molar refractivity (Wildman–Crippen MR) is 105 cm³/mol. The molecule has 4 rings (SSSR count). The summed E-state index contributed by atoms with van der Waals surface area (Å²) in [6, 6.07) is 16.0. The quantitative estimate of drug-likeness (QED) is 0.491. The summed E-state index contributed by atoms with van der Waals surface area (Å²) >= 11 is 7.72. The highest BCUT2D eigenvalue weighted by Gasteiger charge is 2.13. The standard InChI is InChI=1S/C19H12ClN3O2S/c20-14-9-10-26-16(14)18-22-15-4-2-1-3-13(15)17(23-18)21-12-7-5-11(6-8-12)19(24)25/h1-10H,(H,24,25)(H,21,22,23). The van der Waals surface area contributed by atoms with Gasteiger partial charge in [-0.1, -0.05) is 23.7 Å². The van der Waals surface area contributed by atoms with E-state index in [-0.39, 0.29) is 5.56 Å². The lowest BCUT2D eigenvalue weighted by Gasteiger charge is -2.11. The highest BCUT2D eigenvalue weighted by Crippen LogP contribution is 2.34. The van der Waals surface area contributed by atoms with Crippen LogP contribution in [0.15, 0.2) is 60.0 Å². The third-order valence-electron chi connectivity index (χ3n) is 3.82. The zero-order valence-electron chi connectivity index (χ0n) is 13.3. The molecule has 0 spiro atoms. The molecule has 0 bridgehead atoms. The topological polar surface area (TPSA) is 75.1 Å². The van der Waals surface area contributed by atoms with Crippen LogP contribution in [-0.2, 0) is 0 Å². The molecule has 0 aliphatic heterocycles. The Balaban J connectivity index is 1.80. The summed E-state index contributed by atoms with van der Waals surface area (Å²) in [5.41, 5.74) is 1.77. The van der Waals surface area contributed by atoms with E-state index >= 15 is 0 Å². The predicted octanol–water partition coefficient (Wildman–Crippen LogP) is 5.45. The minimum Gasteiger partial charge on any atom is -0.478 e. The Kier molecular flexibility index (Phi) is 4.28. The maximum Gasteiger partial charge on any atom is 0.335 e. The first-order valence-corrected chi connectivity index (χ1v) is 8.98. The average molecular weight is 382 g/mol. The van der Waals surface area contributed by atoms with E-state index in [1.165, 1.54) is 11.3 Å². The van der Waals surface area contributed by atoms with E-state index in [2.05, 4.69) is 15.3 Å². The van der Waals surface area contributed by atoms with Gasteiger partial charge in [0.1, 0.15) is 5.82 Å². The third kappa shape index (κ3) is 3.12. The summed E-state index contributed by atoms with van der Waals surface area (Å²) < 4.78 is 0. The summed E-state index contributed by atoms with van der Waals surface area (Å²) in [5, 5.41) is 15.7. The monoisotopic (exact) mass is 381 g/mol. The van der Waals surface area contributed by atoms with E-state index in [4.69, 9.17) is 16.7 Å². The molecule has 0 amide bonds. The number of carbonyl (C=O) groups is 1. The lowest BCUT2D eigenvalue weighted by Crippen LogP contribution is -2.00. The van der Waals surface area contributed by atoms with Crippen molar-refractivity contribution in [2.45, 2.75) is 0 Å². The number of hydrogen-bond donors (Lipinski definition) is 2. The summed E-state index contributed by atoms with van der Waals surface area (Å²) in [5.74, 6) is 0.227. The van der Waals surface area contributed by atoms with Crippen molar-refractivity contribution in [2.24, 2.45) is 0 Å². The van der Waals surface area contributed by atoms with Gasteiger partial charge in [-0.15, -0.1) is 11.3 Å². The lowest BCUT2D eigenvalue weighted by molar-refractivity contribution is 0.0697. The first-order valence-electron chi connectivity index (χ1n) is 7.72. The van der Waals surface area contributed by atoms with Gasteiger partial charge in [0, 0.05) is 11.1 Å². The number of nitrogens with one attached hydrogen (secondary N) is 1. The summed E-state index contributed by atoms with van der Waals surface area (Å²) in [7, 11) is 0. The Bertz CT molecular complexity index is 1110. The van der Waals surface area contributed by atoms with Gasteiger partial charge < -0.3 is 10.4 Å². The molecule has 0 aliphatic carbocycles. The number of rotatable bonds is 4. The van der Waals surface area contributed by atoms with Gasteiger partial charge in [0.15, 0.2) is 5.82 Å². The van der Waals surface area contributed by atoms with Crippen LogP contribution in [0.4, 0.5) is 11.5 Å². The zero-order valence-corrected chi connectivity index (χ0v) is 14.9. The van der Waals surface area contributed by atoms with E-state index in [1.807, 2.05) is 35.7 Å². The molecule has 0 atom stereocenters. The molecule has 128 valence electrons. The maximum absolute atomic E-state index is 11.0. The number of aromatic nitrogens is 2. The SMILES string of the molecule is O=C(O)c1ccc(Nc2nc(-c3sccc3Cl)nc3ccccc23)cc1. The van der Waals surface area contributed by atoms with Crippen LogP contribution in [0.5, 0.6) is 0 Å². The number of anilines is 2. The van der Waals surface area contributed by atoms with Gasteiger partial charge >= 0.3 is 5.97 Å². The molecule has 0 radical (unpaired) electrons. The van der Waals surface area contributed by atoms with E-state index in [0.717, 1.165) is 21.5 Å². The molecular weight excluding hydrogens is 370 g/mol. The van der Waals surface area contributed by atoms with Crippen molar-refractivity contribution < 1.29 is 9.90 Å². The molecule has 5 nitrogen and oxygen atoms in total. The maximum atomic E-state index is 11.0. The van der Waals surface area contributed by atoms with Gasteiger partial charge in [0.25, 0.3) is 0 Å². The Hall–Kier alpha value is -2.96. The fraction of sp³-hybridized carbons (Fsp3) is 0. The fourth-order valence-corrected chi connectivity index (χ4v) is 3.63.